The number of aromatic nitrogens is 1. The van der Waals surface area contributed by atoms with Gasteiger partial charge in [-0.3, -0.25) is 4.79 Å². The lowest BCUT2D eigenvalue weighted by Crippen LogP contribution is -2.39. The number of carbonyl (C=O) groups is 1. The van der Waals surface area contributed by atoms with E-state index < -0.39 is 16.0 Å². The lowest BCUT2D eigenvalue weighted by atomic mass is 10.1. The Morgan fingerprint density at radius 3 is 2.56 bits per heavy atom. The maximum Gasteiger partial charge on any atom is 0.338 e. The average molecular weight is 483 g/mol. The highest BCUT2D eigenvalue weighted by molar-refractivity contribution is 7.89. The van der Waals surface area contributed by atoms with Crippen molar-refractivity contribution >= 4 is 26.9 Å². The molecule has 0 spiro atoms. The minimum Gasteiger partial charge on any atom is -0.462 e. The number of aromatic amines is 1. The molecule has 0 radical (unpaired) electrons. The zero-order valence-corrected chi connectivity index (χ0v) is 20.6. The number of sulfonamides is 1. The standard InChI is InChI=1S/C26H30N2O5S/c1-4-33-26(30)19-8-7-11-23(15-19)34(31,32)28(22-9-5-6-10-22)16-21-14-20-13-17(2)12-18(3)24(20)27-25(21)29/h7-8,11-15,22H,4-6,9-10,16H2,1-3H3,(H,27,29). The first kappa shape index (κ1) is 24.2. The largest absolute Gasteiger partial charge is 0.462 e. The van der Waals surface area contributed by atoms with Crippen LogP contribution in [-0.2, 0) is 21.3 Å². The molecule has 0 amide bonds. The summed E-state index contributed by atoms with van der Waals surface area (Å²) in [6.07, 6.45) is 3.35. The average Bonchev–Trinajstić information content (AvgIpc) is 3.32. The SMILES string of the molecule is CCOC(=O)c1cccc(S(=O)(=O)N(Cc2cc3cc(C)cc(C)c3[nH]c2=O)C2CCCC2)c1. The zero-order valence-electron chi connectivity index (χ0n) is 19.8. The van der Waals surface area contributed by atoms with Gasteiger partial charge in [0.2, 0.25) is 10.0 Å². The molecular formula is C26H30N2O5S. The van der Waals surface area contributed by atoms with Crippen molar-refractivity contribution in [2.75, 3.05) is 6.61 Å². The van der Waals surface area contributed by atoms with Crippen LogP contribution < -0.4 is 5.56 Å². The van der Waals surface area contributed by atoms with Crippen molar-refractivity contribution < 1.29 is 17.9 Å². The third kappa shape index (κ3) is 4.79. The molecule has 1 aromatic heterocycles. The van der Waals surface area contributed by atoms with E-state index in [0.717, 1.165) is 47.7 Å². The summed E-state index contributed by atoms with van der Waals surface area (Å²) in [6, 6.07) is 11.5. The maximum atomic E-state index is 13.8. The van der Waals surface area contributed by atoms with Crippen molar-refractivity contribution in [2.45, 2.75) is 63.9 Å². The van der Waals surface area contributed by atoms with Crippen molar-refractivity contribution in [3.8, 4) is 0 Å². The van der Waals surface area contributed by atoms with E-state index in [2.05, 4.69) is 4.98 Å². The fourth-order valence-corrected chi connectivity index (χ4v) is 6.46. The van der Waals surface area contributed by atoms with E-state index in [9.17, 15) is 18.0 Å². The van der Waals surface area contributed by atoms with Crippen LogP contribution >= 0.6 is 0 Å². The molecule has 1 fully saturated rings. The molecule has 1 aliphatic carbocycles. The van der Waals surface area contributed by atoms with Crippen molar-refractivity contribution in [1.82, 2.24) is 9.29 Å². The van der Waals surface area contributed by atoms with Crippen LogP contribution in [0.15, 0.2) is 52.2 Å². The highest BCUT2D eigenvalue weighted by atomic mass is 32.2. The van der Waals surface area contributed by atoms with Gasteiger partial charge in [0.1, 0.15) is 0 Å². The molecule has 0 bridgehead atoms. The number of pyridine rings is 1. The molecule has 0 unspecified atom stereocenters. The second-order valence-electron chi connectivity index (χ2n) is 8.91. The number of ether oxygens (including phenoxy) is 1. The van der Waals surface area contributed by atoms with E-state index in [-0.39, 0.29) is 35.2 Å². The van der Waals surface area contributed by atoms with E-state index in [1.165, 1.54) is 22.5 Å². The Bertz CT molecular complexity index is 1390. The van der Waals surface area contributed by atoms with Gasteiger partial charge < -0.3 is 9.72 Å². The molecule has 2 aromatic carbocycles. The Balaban J connectivity index is 1.76. The quantitative estimate of drug-likeness (QED) is 0.502. The number of carbonyl (C=O) groups excluding carboxylic acids is 1. The Morgan fingerprint density at radius 1 is 1.12 bits per heavy atom. The second-order valence-corrected chi connectivity index (χ2v) is 10.8. The summed E-state index contributed by atoms with van der Waals surface area (Å²) in [4.78, 5) is 28.1. The third-order valence-electron chi connectivity index (χ3n) is 6.38. The fraction of sp³-hybridized carbons (Fsp3) is 0.385. The van der Waals surface area contributed by atoms with Crippen LogP contribution in [0.4, 0.5) is 0 Å². The summed E-state index contributed by atoms with van der Waals surface area (Å²) in [7, 11) is -3.97. The van der Waals surface area contributed by atoms with Gasteiger partial charge in [-0.2, -0.15) is 4.31 Å². The summed E-state index contributed by atoms with van der Waals surface area (Å²) >= 11 is 0. The molecule has 1 heterocycles. The summed E-state index contributed by atoms with van der Waals surface area (Å²) in [5, 5.41) is 0.875. The number of nitrogens with zero attached hydrogens (tertiary/aromatic N) is 1. The number of fused-ring (bicyclic) bond motifs is 1. The normalized spacial score (nSPS) is 14.7. The highest BCUT2D eigenvalue weighted by Crippen LogP contribution is 2.31. The van der Waals surface area contributed by atoms with Gasteiger partial charge in [-0.25, -0.2) is 13.2 Å². The molecule has 0 atom stereocenters. The van der Waals surface area contributed by atoms with Crippen LogP contribution in [0.5, 0.6) is 0 Å². The Hall–Kier alpha value is -2.97. The first-order chi connectivity index (χ1) is 16.2. The number of benzene rings is 2. The van der Waals surface area contributed by atoms with Crippen LogP contribution in [0.1, 0.15) is 59.7 Å². The van der Waals surface area contributed by atoms with Gasteiger partial charge in [0.05, 0.1) is 22.6 Å². The number of hydrogen-bond donors (Lipinski definition) is 1. The van der Waals surface area contributed by atoms with Crippen LogP contribution in [0.25, 0.3) is 10.9 Å². The predicted octanol–water partition coefficient (Wildman–Crippen LogP) is 4.46. The fourth-order valence-electron chi connectivity index (χ4n) is 4.75. The van der Waals surface area contributed by atoms with Crippen molar-refractivity contribution in [3.05, 3.63) is 75.1 Å². The predicted molar refractivity (Wildman–Crippen MR) is 131 cm³/mol. The van der Waals surface area contributed by atoms with Crippen LogP contribution in [-0.4, -0.2) is 36.3 Å². The molecule has 0 saturated heterocycles. The Morgan fingerprint density at radius 2 is 1.85 bits per heavy atom. The number of H-pyrrole nitrogens is 1. The Labute approximate surface area is 199 Å². The molecule has 0 aliphatic heterocycles. The topological polar surface area (TPSA) is 96.5 Å². The van der Waals surface area contributed by atoms with Gasteiger partial charge in [0, 0.05) is 18.2 Å². The zero-order chi connectivity index (χ0) is 24.5. The van der Waals surface area contributed by atoms with E-state index in [1.807, 2.05) is 26.0 Å². The van der Waals surface area contributed by atoms with E-state index in [4.69, 9.17) is 4.74 Å². The van der Waals surface area contributed by atoms with Crippen molar-refractivity contribution in [3.63, 3.8) is 0 Å². The lowest BCUT2D eigenvalue weighted by Gasteiger charge is -2.28. The maximum absolute atomic E-state index is 13.8. The smallest absolute Gasteiger partial charge is 0.338 e. The number of esters is 1. The molecule has 8 heteroatoms. The summed E-state index contributed by atoms with van der Waals surface area (Å²) in [5.41, 5.74) is 3.08. The van der Waals surface area contributed by atoms with Gasteiger partial charge in [-0.1, -0.05) is 30.5 Å². The number of nitrogens with one attached hydrogen (secondary N) is 1. The molecule has 1 aliphatic rings. The highest BCUT2D eigenvalue weighted by Gasteiger charge is 2.34. The second kappa shape index (κ2) is 9.72. The van der Waals surface area contributed by atoms with E-state index in [0.29, 0.717) is 5.56 Å². The van der Waals surface area contributed by atoms with Crippen LogP contribution in [0, 0.1) is 13.8 Å². The molecule has 3 aromatic rings. The molecule has 1 saturated carbocycles. The first-order valence-electron chi connectivity index (χ1n) is 11.6. The number of rotatable bonds is 7. The molecule has 4 rings (SSSR count). The molecule has 180 valence electrons. The third-order valence-corrected chi connectivity index (χ3v) is 8.27. The van der Waals surface area contributed by atoms with E-state index in [1.54, 1.807) is 19.1 Å². The lowest BCUT2D eigenvalue weighted by molar-refractivity contribution is 0.0526. The van der Waals surface area contributed by atoms with Crippen molar-refractivity contribution in [1.29, 1.82) is 0 Å². The summed E-state index contributed by atoms with van der Waals surface area (Å²) in [6.45, 7) is 5.80. The number of aryl methyl sites for hydroxylation is 2. The van der Waals surface area contributed by atoms with Gasteiger partial charge in [-0.15, -0.1) is 0 Å². The molecular weight excluding hydrogens is 452 g/mol. The van der Waals surface area contributed by atoms with Gasteiger partial charge in [0.15, 0.2) is 0 Å². The van der Waals surface area contributed by atoms with Crippen LogP contribution in [0.2, 0.25) is 0 Å². The van der Waals surface area contributed by atoms with Crippen molar-refractivity contribution in [2.24, 2.45) is 0 Å². The van der Waals surface area contributed by atoms with Crippen LogP contribution in [0.3, 0.4) is 0 Å². The molecule has 1 N–H and O–H groups in total. The monoisotopic (exact) mass is 482 g/mol. The minimum absolute atomic E-state index is 0.0221. The molecule has 34 heavy (non-hydrogen) atoms. The first-order valence-corrected chi connectivity index (χ1v) is 13.1. The van der Waals surface area contributed by atoms with E-state index >= 15 is 0 Å². The summed E-state index contributed by atoms with van der Waals surface area (Å²) in [5.74, 6) is -0.566. The van der Waals surface area contributed by atoms with Gasteiger partial charge in [0.25, 0.3) is 5.56 Å². The van der Waals surface area contributed by atoms with Gasteiger partial charge >= 0.3 is 5.97 Å². The Kier molecular flexibility index (Phi) is 6.91. The van der Waals surface area contributed by atoms with Gasteiger partial charge in [-0.05, 0) is 74.9 Å². The molecule has 7 nitrogen and oxygen atoms in total. The summed E-state index contributed by atoms with van der Waals surface area (Å²) < 4.78 is 34.1. The number of hydrogen-bond acceptors (Lipinski definition) is 5. The minimum atomic E-state index is -3.97.